The molecule has 0 bridgehead atoms. The van der Waals surface area contributed by atoms with Gasteiger partial charge >= 0.3 is 0 Å². The lowest BCUT2D eigenvalue weighted by Gasteiger charge is -2.16. The Bertz CT molecular complexity index is 463. The van der Waals surface area contributed by atoms with Crippen molar-refractivity contribution in [3.8, 4) is 0 Å². The minimum absolute atomic E-state index is 0.282. The van der Waals surface area contributed by atoms with E-state index < -0.39 is 6.10 Å². The number of pyridine rings is 1. The summed E-state index contributed by atoms with van der Waals surface area (Å²) in [6, 6.07) is 9.27. The molecule has 0 saturated heterocycles. The molecule has 0 fully saturated rings. The van der Waals surface area contributed by atoms with Crippen molar-refractivity contribution in [2.24, 2.45) is 5.73 Å². The smallest absolute Gasteiger partial charge is 0.0945 e. The van der Waals surface area contributed by atoms with E-state index in [1.165, 1.54) is 0 Å². The van der Waals surface area contributed by atoms with Crippen molar-refractivity contribution in [1.82, 2.24) is 4.98 Å². The van der Waals surface area contributed by atoms with Crippen LogP contribution in [0, 0.1) is 0 Å². The highest BCUT2D eigenvalue weighted by Gasteiger charge is 2.14. The lowest BCUT2D eigenvalue weighted by molar-refractivity contribution is 0.155. The molecule has 15 heavy (non-hydrogen) atoms. The fourth-order valence-corrected chi connectivity index (χ4v) is 1.66. The third kappa shape index (κ3) is 1.84. The zero-order valence-corrected chi connectivity index (χ0v) is 8.59. The molecule has 3 heteroatoms. The summed E-state index contributed by atoms with van der Waals surface area (Å²) in [4.78, 5) is 4.23. The van der Waals surface area contributed by atoms with E-state index in [4.69, 9.17) is 5.73 Å². The number of fused-ring (bicyclic) bond motifs is 1. The number of aliphatic hydroxyl groups is 1. The number of nitrogens with zero attached hydrogens (tertiary/aromatic N) is 1. The summed E-state index contributed by atoms with van der Waals surface area (Å²) in [7, 11) is 0. The van der Waals surface area contributed by atoms with Crippen molar-refractivity contribution in [3.05, 3.63) is 42.1 Å². The van der Waals surface area contributed by atoms with E-state index in [2.05, 4.69) is 4.98 Å². The van der Waals surface area contributed by atoms with E-state index in [0.29, 0.717) is 0 Å². The van der Waals surface area contributed by atoms with Crippen LogP contribution in [0.5, 0.6) is 0 Å². The minimum Gasteiger partial charge on any atom is -0.387 e. The van der Waals surface area contributed by atoms with Crippen molar-refractivity contribution in [2.75, 3.05) is 0 Å². The van der Waals surface area contributed by atoms with Crippen LogP contribution in [0.25, 0.3) is 10.9 Å². The second-order valence-corrected chi connectivity index (χ2v) is 3.72. The van der Waals surface area contributed by atoms with Gasteiger partial charge in [0.2, 0.25) is 0 Å². The molecular weight excluding hydrogens is 188 g/mol. The van der Waals surface area contributed by atoms with E-state index in [9.17, 15) is 5.11 Å². The largest absolute Gasteiger partial charge is 0.387 e. The van der Waals surface area contributed by atoms with Gasteiger partial charge in [0, 0.05) is 17.6 Å². The van der Waals surface area contributed by atoms with Crippen molar-refractivity contribution in [2.45, 2.75) is 19.1 Å². The molecule has 2 atom stereocenters. The highest BCUT2D eigenvalue weighted by molar-refractivity contribution is 5.82. The molecular formula is C12H14N2O. The summed E-state index contributed by atoms with van der Waals surface area (Å²) in [6.07, 6.45) is 1.06. The van der Waals surface area contributed by atoms with Gasteiger partial charge in [-0.1, -0.05) is 18.2 Å². The first-order valence-corrected chi connectivity index (χ1v) is 4.97. The highest BCUT2D eigenvalue weighted by atomic mass is 16.3. The Labute approximate surface area is 88.6 Å². The minimum atomic E-state index is -0.641. The van der Waals surface area contributed by atoms with Crippen LogP contribution in [-0.4, -0.2) is 16.1 Å². The van der Waals surface area contributed by atoms with Crippen LogP contribution in [0.2, 0.25) is 0 Å². The molecule has 3 N–H and O–H groups in total. The van der Waals surface area contributed by atoms with Crippen molar-refractivity contribution < 1.29 is 5.11 Å². The van der Waals surface area contributed by atoms with Gasteiger partial charge in [0.25, 0.3) is 0 Å². The average molecular weight is 202 g/mol. The number of hydrogen-bond acceptors (Lipinski definition) is 3. The molecule has 1 aromatic carbocycles. The van der Waals surface area contributed by atoms with Gasteiger partial charge in [-0.15, -0.1) is 0 Å². The molecule has 0 radical (unpaired) electrons. The van der Waals surface area contributed by atoms with E-state index in [1.807, 2.05) is 30.3 Å². The molecule has 0 aliphatic carbocycles. The second kappa shape index (κ2) is 3.96. The van der Waals surface area contributed by atoms with Crippen molar-refractivity contribution >= 4 is 10.9 Å². The van der Waals surface area contributed by atoms with Gasteiger partial charge in [-0.3, -0.25) is 4.98 Å². The Balaban J connectivity index is 2.60. The molecule has 2 aromatic rings. The maximum absolute atomic E-state index is 9.94. The first-order chi connectivity index (χ1) is 7.20. The molecule has 1 aromatic heterocycles. The van der Waals surface area contributed by atoms with Crippen LogP contribution < -0.4 is 5.73 Å². The molecule has 0 aliphatic heterocycles. The van der Waals surface area contributed by atoms with Gasteiger partial charge in [0.15, 0.2) is 0 Å². The van der Waals surface area contributed by atoms with E-state index >= 15 is 0 Å². The quantitative estimate of drug-likeness (QED) is 0.778. The predicted octanol–water partition coefficient (Wildman–Crippen LogP) is 1.62. The van der Waals surface area contributed by atoms with Gasteiger partial charge in [-0.05, 0) is 24.6 Å². The Morgan fingerprint density at radius 2 is 2.00 bits per heavy atom. The SMILES string of the molecule is CC(N)C(O)c1ccnc2ccccc12. The first kappa shape index (κ1) is 10.1. The normalized spacial score (nSPS) is 15.1. The molecule has 78 valence electrons. The second-order valence-electron chi connectivity index (χ2n) is 3.72. The van der Waals surface area contributed by atoms with Gasteiger partial charge in [0.1, 0.15) is 0 Å². The molecule has 0 aliphatic rings. The third-order valence-corrected chi connectivity index (χ3v) is 2.50. The number of hydrogen-bond donors (Lipinski definition) is 2. The van der Waals surface area contributed by atoms with Crippen LogP contribution >= 0.6 is 0 Å². The number of aromatic nitrogens is 1. The van der Waals surface area contributed by atoms with Gasteiger partial charge < -0.3 is 10.8 Å². The number of para-hydroxylation sites is 1. The number of rotatable bonds is 2. The molecule has 2 unspecified atom stereocenters. The van der Waals surface area contributed by atoms with Crippen LogP contribution in [0.15, 0.2) is 36.5 Å². The predicted molar refractivity (Wildman–Crippen MR) is 60.4 cm³/mol. The summed E-state index contributed by atoms with van der Waals surface area (Å²) in [6.45, 7) is 1.79. The molecule has 0 saturated carbocycles. The highest BCUT2D eigenvalue weighted by Crippen LogP contribution is 2.23. The van der Waals surface area contributed by atoms with Crippen LogP contribution in [0.1, 0.15) is 18.6 Å². The monoisotopic (exact) mass is 202 g/mol. The number of benzene rings is 1. The maximum atomic E-state index is 9.94. The zero-order chi connectivity index (χ0) is 10.8. The Morgan fingerprint density at radius 1 is 1.27 bits per heavy atom. The van der Waals surface area contributed by atoms with Gasteiger partial charge in [-0.25, -0.2) is 0 Å². The lowest BCUT2D eigenvalue weighted by atomic mass is 10.0. The third-order valence-electron chi connectivity index (χ3n) is 2.50. The lowest BCUT2D eigenvalue weighted by Crippen LogP contribution is -2.24. The average Bonchev–Trinajstić information content (AvgIpc) is 2.27. The van der Waals surface area contributed by atoms with E-state index in [0.717, 1.165) is 16.5 Å². The summed E-state index contributed by atoms with van der Waals surface area (Å²) < 4.78 is 0. The maximum Gasteiger partial charge on any atom is 0.0945 e. The van der Waals surface area contributed by atoms with Crippen LogP contribution in [-0.2, 0) is 0 Å². The molecule has 1 heterocycles. The van der Waals surface area contributed by atoms with Gasteiger partial charge in [-0.2, -0.15) is 0 Å². The fraction of sp³-hybridized carbons (Fsp3) is 0.250. The molecule has 0 amide bonds. The summed E-state index contributed by atoms with van der Waals surface area (Å²) in [5.41, 5.74) is 7.42. The Hall–Kier alpha value is -1.45. The topological polar surface area (TPSA) is 59.1 Å². The Kier molecular flexibility index (Phi) is 2.66. The first-order valence-electron chi connectivity index (χ1n) is 4.97. The Morgan fingerprint density at radius 3 is 2.73 bits per heavy atom. The molecule has 3 nitrogen and oxygen atoms in total. The number of nitrogens with two attached hydrogens (primary N) is 1. The summed E-state index contributed by atoms with van der Waals surface area (Å²) in [5.74, 6) is 0. The zero-order valence-electron chi connectivity index (χ0n) is 8.59. The van der Waals surface area contributed by atoms with E-state index in [-0.39, 0.29) is 6.04 Å². The van der Waals surface area contributed by atoms with Crippen molar-refractivity contribution in [3.63, 3.8) is 0 Å². The summed E-state index contributed by atoms with van der Waals surface area (Å²) >= 11 is 0. The van der Waals surface area contributed by atoms with Crippen LogP contribution in [0.3, 0.4) is 0 Å². The summed E-state index contributed by atoms with van der Waals surface area (Å²) in [5, 5.41) is 10.9. The van der Waals surface area contributed by atoms with Crippen molar-refractivity contribution in [1.29, 1.82) is 0 Å². The molecule has 2 rings (SSSR count). The molecule has 0 spiro atoms. The van der Waals surface area contributed by atoms with Gasteiger partial charge in [0.05, 0.1) is 11.6 Å². The fourth-order valence-electron chi connectivity index (χ4n) is 1.66. The standard InChI is InChI=1S/C12H14N2O/c1-8(13)12(15)10-6-7-14-11-5-3-2-4-9(10)11/h2-8,12,15H,13H2,1H3. The van der Waals surface area contributed by atoms with E-state index in [1.54, 1.807) is 13.1 Å². The van der Waals surface area contributed by atoms with Crippen LogP contribution in [0.4, 0.5) is 0 Å². The number of aliphatic hydroxyl groups excluding tert-OH is 1.